The Morgan fingerprint density at radius 1 is 0.519 bits per heavy atom. The van der Waals surface area contributed by atoms with E-state index in [4.69, 9.17) is 14.4 Å². The van der Waals surface area contributed by atoms with Gasteiger partial charge in [0.15, 0.2) is 0 Å². The molecule has 0 bridgehead atoms. The van der Waals surface area contributed by atoms with Crippen LogP contribution in [0.1, 0.15) is 23.5 Å². The van der Waals surface area contributed by atoms with E-state index in [9.17, 15) is 0 Å². The zero-order chi connectivity index (χ0) is 35.1. The van der Waals surface area contributed by atoms with Crippen molar-refractivity contribution in [3.8, 4) is 17.2 Å². The molecule has 252 valence electrons. The molecule has 5 nitrogen and oxygen atoms in total. The van der Waals surface area contributed by atoms with Gasteiger partial charge in [-0.15, -0.1) is 0 Å². The fraction of sp³-hybridized carbons (Fsp3) is 0.0612. The van der Waals surface area contributed by atoms with Gasteiger partial charge in [0.1, 0.15) is 11.2 Å². The Morgan fingerprint density at radius 2 is 1.20 bits per heavy atom. The maximum absolute atomic E-state index is 6.55. The van der Waals surface area contributed by atoms with Crippen molar-refractivity contribution in [2.24, 2.45) is 5.92 Å². The van der Waals surface area contributed by atoms with Crippen LogP contribution in [0.3, 0.4) is 0 Å². The molecule has 5 heteroatoms. The number of benzene rings is 7. The van der Waals surface area contributed by atoms with Crippen molar-refractivity contribution in [1.29, 1.82) is 0 Å². The minimum Gasteiger partial charge on any atom is -0.456 e. The van der Waals surface area contributed by atoms with Crippen molar-refractivity contribution in [2.75, 3.05) is 0 Å². The molecule has 54 heavy (non-hydrogen) atoms. The van der Waals surface area contributed by atoms with Gasteiger partial charge in [0.05, 0.1) is 44.4 Å². The standard InChI is InChI=1S/C49H30N4O/c1-2-12-28(13-3-1)45-36-17-6-9-19-39(36)50-49(51-45)53-46-34(24-25-43-44(46)37-18-8-11-21-42(37)54-43)35-23-22-33-32-16-7-10-20-40(32)52(47(33)48(35)53)41-27-29-26-38(29)30-14-4-5-15-31(30)41/h1-25,27,29,38H,26H2. The molecular weight excluding hydrogens is 661 g/mol. The van der Waals surface area contributed by atoms with Crippen LogP contribution in [0.25, 0.3) is 99.4 Å². The highest BCUT2D eigenvalue weighted by atomic mass is 16.3. The average Bonchev–Trinajstić information content (AvgIpc) is 3.65. The summed E-state index contributed by atoms with van der Waals surface area (Å²) < 4.78 is 11.4. The number of nitrogens with zero attached hydrogens (tertiary/aromatic N) is 4. The van der Waals surface area contributed by atoms with Gasteiger partial charge >= 0.3 is 0 Å². The molecule has 0 saturated heterocycles. The van der Waals surface area contributed by atoms with Crippen LogP contribution in [0.4, 0.5) is 0 Å². The second-order valence-corrected chi connectivity index (χ2v) is 14.9. The third-order valence-electron chi connectivity index (χ3n) is 12.0. The van der Waals surface area contributed by atoms with E-state index in [0.29, 0.717) is 17.8 Å². The van der Waals surface area contributed by atoms with Crippen molar-refractivity contribution in [3.63, 3.8) is 0 Å². The molecule has 0 radical (unpaired) electrons. The first kappa shape index (κ1) is 28.6. The molecule has 0 amide bonds. The summed E-state index contributed by atoms with van der Waals surface area (Å²) in [6, 6.07) is 54.1. The van der Waals surface area contributed by atoms with E-state index >= 15 is 0 Å². The summed E-state index contributed by atoms with van der Waals surface area (Å²) in [7, 11) is 0. The molecule has 0 spiro atoms. The van der Waals surface area contributed by atoms with Gasteiger partial charge in [0.25, 0.3) is 0 Å². The van der Waals surface area contributed by atoms with Gasteiger partial charge < -0.3 is 8.98 Å². The van der Waals surface area contributed by atoms with E-state index in [0.717, 1.165) is 71.4 Å². The van der Waals surface area contributed by atoms with Crippen molar-refractivity contribution < 1.29 is 4.42 Å². The fourth-order valence-corrected chi connectivity index (χ4v) is 9.57. The number of fused-ring (bicyclic) bond motifs is 15. The normalized spacial score (nSPS) is 16.6. The van der Waals surface area contributed by atoms with E-state index in [1.54, 1.807) is 0 Å². The van der Waals surface area contributed by atoms with Crippen LogP contribution >= 0.6 is 0 Å². The van der Waals surface area contributed by atoms with Crippen LogP contribution in [0.2, 0.25) is 0 Å². The lowest BCUT2D eigenvalue weighted by molar-refractivity contribution is 0.669. The molecule has 7 aromatic carbocycles. The highest BCUT2D eigenvalue weighted by Crippen LogP contribution is 2.56. The fourth-order valence-electron chi connectivity index (χ4n) is 9.57. The Labute approximate surface area is 309 Å². The molecule has 2 atom stereocenters. The predicted molar refractivity (Wildman–Crippen MR) is 220 cm³/mol. The maximum atomic E-state index is 6.55. The quantitative estimate of drug-likeness (QED) is 0.185. The van der Waals surface area contributed by atoms with Gasteiger partial charge in [-0.1, -0.05) is 127 Å². The summed E-state index contributed by atoms with van der Waals surface area (Å²) >= 11 is 0. The van der Waals surface area contributed by atoms with Crippen LogP contribution in [0, 0.1) is 5.92 Å². The highest BCUT2D eigenvalue weighted by molar-refractivity contribution is 6.29. The van der Waals surface area contributed by atoms with Gasteiger partial charge in [-0.25, -0.2) is 9.97 Å². The lowest BCUT2D eigenvalue weighted by atomic mass is 9.94. The number of aromatic nitrogens is 4. The molecule has 0 N–H and O–H groups in total. The number of para-hydroxylation sites is 3. The Bertz CT molecular complexity index is 3440. The van der Waals surface area contributed by atoms with Gasteiger partial charge in [-0.3, -0.25) is 4.57 Å². The third-order valence-corrected chi connectivity index (χ3v) is 12.0. The topological polar surface area (TPSA) is 48.8 Å². The minimum atomic E-state index is 0.547. The van der Waals surface area contributed by atoms with Crippen molar-refractivity contribution in [1.82, 2.24) is 19.1 Å². The smallest absolute Gasteiger partial charge is 0.235 e. The van der Waals surface area contributed by atoms with E-state index in [1.165, 1.54) is 39.5 Å². The number of hydrogen-bond acceptors (Lipinski definition) is 3. The third kappa shape index (κ3) is 3.73. The van der Waals surface area contributed by atoms with Crippen LogP contribution in [-0.2, 0) is 0 Å². The molecule has 0 aliphatic heterocycles. The molecular formula is C49H30N4O. The Kier molecular flexibility index (Phi) is 5.47. The van der Waals surface area contributed by atoms with Crippen LogP contribution in [0.15, 0.2) is 162 Å². The Hall–Kier alpha value is -6.98. The summed E-state index contributed by atoms with van der Waals surface area (Å²) in [6.45, 7) is 0. The second kappa shape index (κ2) is 10.3. The number of hydrogen-bond donors (Lipinski definition) is 0. The summed E-state index contributed by atoms with van der Waals surface area (Å²) in [5.41, 5.74) is 13.1. The van der Waals surface area contributed by atoms with Crippen LogP contribution in [0.5, 0.6) is 0 Å². The molecule has 4 aromatic heterocycles. The first-order valence-corrected chi connectivity index (χ1v) is 18.7. The van der Waals surface area contributed by atoms with E-state index in [-0.39, 0.29) is 0 Å². The summed E-state index contributed by atoms with van der Waals surface area (Å²) in [6.07, 6.45) is 3.73. The van der Waals surface area contributed by atoms with Gasteiger partial charge in [0, 0.05) is 43.4 Å². The molecule has 11 aromatic rings. The summed E-state index contributed by atoms with van der Waals surface area (Å²) in [5.74, 6) is 1.79. The molecule has 2 unspecified atom stereocenters. The molecule has 13 rings (SSSR count). The summed E-state index contributed by atoms with van der Waals surface area (Å²) in [4.78, 5) is 11.0. The van der Waals surface area contributed by atoms with Crippen LogP contribution in [-0.4, -0.2) is 19.1 Å². The zero-order valence-corrected chi connectivity index (χ0v) is 29.1. The number of allylic oxidation sites excluding steroid dienone is 1. The molecule has 4 heterocycles. The minimum absolute atomic E-state index is 0.547. The van der Waals surface area contributed by atoms with Crippen molar-refractivity contribution in [2.45, 2.75) is 12.3 Å². The maximum Gasteiger partial charge on any atom is 0.235 e. The number of rotatable bonds is 3. The Morgan fingerprint density at radius 3 is 2.11 bits per heavy atom. The van der Waals surface area contributed by atoms with Crippen LogP contribution < -0.4 is 0 Å². The SMILES string of the molecule is C1=C(n2c3ccccc3c3ccc4c5ccc6oc7ccccc7c6c5n(-c5nc(-c6ccccc6)c6ccccc6n5)c4c32)c2ccccc2C2CC12. The van der Waals surface area contributed by atoms with Gasteiger partial charge in [0.2, 0.25) is 5.95 Å². The predicted octanol–water partition coefficient (Wildman–Crippen LogP) is 12.4. The lowest BCUT2D eigenvalue weighted by Crippen LogP contribution is -2.08. The van der Waals surface area contributed by atoms with Crippen molar-refractivity contribution >= 4 is 82.2 Å². The lowest BCUT2D eigenvalue weighted by Gasteiger charge is -2.21. The van der Waals surface area contributed by atoms with E-state index < -0.39 is 0 Å². The first-order valence-electron chi connectivity index (χ1n) is 18.7. The van der Waals surface area contributed by atoms with Gasteiger partial charge in [-0.05, 0) is 54.2 Å². The second-order valence-electron chi connectivity index (χ2n) is 14.9. The first-order chi connectivity index (χ1) is 26.8. The summed E-state index contributed by atoms with van der Waals surface area (Å²) in [5, 5.41) is 7.89. The molecule has 2 aliphatic rings. The molecule has 1 fully saturated rings. The highest BCUT2D eigenvalue weighted by Gasteiger charge is 2.42. The van der Waals surface area contributed by atoms with Gasteiger partial charge in [-0.2, -0.15) is 0 Å². The van der Waals surface area contributed by atoms with E-state index in [2.05, 4.69) is 161 Å². The molecule has 2 aliphatic carbocycles. The monoisotopic (exact) mass is 690 g/mol. The number of furan rings is 1. The van der Waals surface area contributed by atoms with Crippen molar-refractivity contribution in [3.05, 3.63) is 169 Å². The molecule has 1 saturated carbocycles. The largest absolute Gasteiger partial charge is 0.456 e. The van der Waals surface area contributed by atoms with E-state index in [1.807, 2.05) is 6.07 Å². The Balaban J connectivity index is 1.28. The average molecular weight is 691 g/mol. The zero-order valence-electron chi connectivity index (χ0n) is 29.1.